The zero-order valence-electron chi connectivity index (χ0n) is 9.04. The van der Waals surface area contributed by atoms with Gasteiger partial charge in [-0.05, 0) is 11.6 Å². The van der Waals surface area contributed by atoms with E-state index in [9.17, 15) is 0 Å². The first-order valence-corrected chi connectivity index (χ1v) is 5.62. The van der Waals surface area contributed by atoms with Crippen LogP contribution in [0.4, 0.5) is 0 Å². The van der Waals surface area contributed by atoms with E-state index in [0.717, 1.165) is 25.1 Å². The molecule has 0 spiro atoms. The highest BCUT2D eigenvalue weighted by atomic mass is 16.5. The quantitative estimate of drug-likeness (QED) is 0.783. The molecule has 0 saturated heterocycles. The summed E-state index contributed by atoms with van der Waals surface area (Å²) in [5.74, 6) is 1.05. The average molecular weight is 214 g/mol. The van der Waals surface area contributed by atoms with Crippen molar-refractivity contribution in [3.63, 3.8) is 0 Å². The molecular weight excluding hydrogens is 200 g/mol. The Hall–Kier alpha value is -1.77. The molecule has 3 nitrogen and oxygen atoms in total. The largest absolute Gasteiger partial charge is 0.490 e. The number of ether oxygens (including phenoxy) is 1. The van der Waals surface area contributed by atoms with Crippen molar-refractivity contribution in [2.75, 3.05) is 0 Å². The number of para-hydroxylation sites is 1. The fourth-order valence-electron chi connectivity index (χ4n) is 2.13. The average Bonchev–Trinajstić information content (AvgIpc) is 2.95. The predicted molar refractivity (Wildman–Crippen MR) is 61.4 cm³/mol. The second-order valence-corrected chi connectivity index (χ2v) is 4.14. The van der Waals surface area contributed by atoms with E-state index < -0.39 is 0 Å². The first-order chi connectivity index (χ1) is 7.92. The van der Waals surface area contributed by atoms with Crippen LogP contribution in [-0.2, 0) is 13.0 Å². The Morgan fingerprint density at radius 2 is 2.31 bits per heavy atom. The van der Waals surface area contributed by atoms with Crippen molar-refractivity contribution in [2.24, 2.45) is 0 Å². The topological polar surface area (TPSA) is 27.1 Å². The molecule has 1 aliphatic rings. The minimum Gasteiger partial charge on any atom is -0.490 e. The van der Waals surface area contributed by atoms with Crippen molar-refractivity contribution in [2.45, 2.75) is 25.5 Å². The third-order valence-electron chi connectivity index (χ3n) is 2.98. The molecule has 0 fully saturated rings. The van der Waals surface area contributed by atoms with Crippen LogP contribution in [0.3, 0.4) is 0 Å². The molecule has 0 radical (unpaired) electrons. The van der Waals surface area contributed by atoms with Gasteiger partial charge < -0.3 is 9.30 Å². The first kappa shape index (κ1) is 9.46. The zero-order valence-corrected chi connectivity index (χ0v) is 9.04. The van der Waals surface area contributed by atoms with Crippen LogP contribution in [0.2, 0.25) is 0 Å². The van der Waals surface area contributed by atoms with E-state index in [4.69, 9.17) is 4.74 Å². The molecule has 0 N–H and O–H groups in total. The summed E-state index contributed by atoms with van der Waals surface area (Å²) in [5.41, 5.74) is 1.33. The molecule has 1 aromatic carbocycles. The summed E-state index contributed by atoms with van der Waals surface area (Å²) in [6.07, 6.45) is 8.03. The zero-order chi connectivity index (χ0) is 10.8. The maximum absolute atomic E-state index is 5.87. The predicted octanol–water partition coefficient (Wildman–Crippen LogP) is 2.28. The highest BCUT2D eigenvalue weighted by Crippen LogP contribution is 2.29. The summed E-state index contributed by atoms with van der Waals surface area (Å²) < 4.78 is 7.96. The van der Waals surface area contributed by atoms with Crippen LogP contribution in [0.5, 0.6) is 5.75 Å². The van der Waals surface area contributed by atoms with Gasteiger partial charge in [0.15, 0.2) is 0 Å². The lowest BCUT2D eigenvalue weighted by atomic mass is 10.1. The fraction of sp³-hybridized carbons (Fsp3) is 0.308. The highest BCUT2D eigenvalue weighted by molar-refractivity contribution is 5.37. The number of imidazole rings is 1. The summed E-state index contributed by atoms with van der Waals surface area (Å²) >= 11 is 0. The summed E-state index contributed by atoms with van der Waals surface area (Å²) in [6, 6.07) is 8.29. The standard InChI is InChI=1S/C13H14N2O/c1-2-4-13-11(3-1)9-12(16-13)5-7-15-8-6-14-10-15/h1-4,6,8,10,12H,5,7,9H2. The maximum atomic E-state index is 5.87. The molecule has 0 aliphatic carbocycles. The summed E-state index contributed by atoms with van der Waals surface area (Å²) in [7, 11) is 0. The summed E-state index contributed by atoms with van der Waals surface area (Å²) in [6.45, 7) is 0.971. The molecule has 82 valence electrons. The Bertz CT molecular complexity index is 440. The van der Waals surface area contributed by atoms with E-state index in [2.05, 4.69) is 21.7 Å². The van der Waals surface area contributed by atoms with Crippen molar-refractivity contribution in [3.05, 3.63) is 48.5 Å². The van der Waals surface area contributed by atoms with Gasteiger partial charge >= 0.3 is 0 Å². The number of hydrogen-bond acceptors (Lipinski definition) is 2. The van der Waals surface area contributed by atoms with Gasteiger partial charge in [0.1, 0.15) is 11.9 Å². The van der Waals surface area contributed by atoms with Gasteiger partial charge in [0.2, 0.25) is 0 Å². The molecule has 1 aliphatic heterocycles. The third-order valence-corrected chi connectivity index (χ3v) is 2.98. The van der Waals surface area contributed by atoms with Gasteiger partial charge in [0.25, 0.3) is 0 Å². The van der Waals surface area contributed by atoms with Gasteiger partial charge in [-0.2, -0.15) is 0 Å². The molecule has 1 aromatic heterocycles. The molecular formula is C13H14N2O. The summed E-state index contributed by atoms with van der Waals surface area (Å²) in [4.78, 5) is 4.03. The third kappa shape index (κ3) is 1.81. The van der Waals surface area contributed by atoms with Crippen LogP contribution in [0, 0.1) is 0 Å². The Kier molecular flexibility index (Phi) is 2.37. The fourth-order valence-corrected chi connectivity index (χ4v) is 2.13. The van der Waals surface area contributed by atoms with E-state index in [1.807, 2.05) is 30.9 Å². The lowest BCUT2D eigenvalue weighted by molar-refractivity contribution is 0.214. The van der Waals surface area contributed by atoms with Crippen molar-refractivity contribution >= 4 is 0 Å². The van der Waals surface area contributed by atoms with Crippen LogP contribution >= 0.6 is 0 Å². The maximum Gasteiger partial charge on any atom is 0.123 e. The van der Waals surface area contributed by atoms with Gasteiger partial charge in [-0.1, -0.05) is 18.2 Å². The molecule has 2 heterocycles. The van der Waals surface area contributed by atoms with Crippen molar-refractivity contribution in [1.82, 2.24) is 9.55 Å². The van der Waals surface area contributed by atoms with Gasteiger partial charge in [-0.3, -0.25) is 0 Å². The number of nitrogens with zero attached hydrogens (tertiary/aromatic N) is 2. The molecule has 1 atom stereocenters. The van der Waals surface area contributed by atoms with Gasteiger partial charge in [0, 0.05) is 31.8 Å². The molecule has 0 saturated carbocycles. The number of rotatable bonds is 3. The Morgan fingerprint density at radius 1 is 1.38 bits per heavy atom. The molecule has 2 aromatic rings. The number of aryl methyl sites for hydroxylation is 1. The van der Waals surface area contributed by atoms with Crippen LogP contribution < -0.4 is 4.74 Å². The van der Waals surface area contributed by atoms with Crippen molar-refractivity contribution in [1.29, 1.82) is 0 Å². The van der Waals surface area contributed by atoms with E-state index in [1.54, 1.807) is 0 Å². The van der Waals surface area contributed by atoms with Crippen molar-refractivity contribution < 1.29 is 4.74 Å². The van der Waals surface area contributed by atoms with Crippen molar-refractivity contribution in [3.8, 4) is 5.75 Å². The van der Waals surface area contributed by atoms with Crippen LogP contribution in [0.1, 0.15) is 12.0 Å². The molecule has 0 amide bonds. The molecule has 3 heteroatoms. The van der Waals surface area contributed by atoms with E-state index in [0.29, 0.717) is 6.10 Å². The monoisotopic (exact) mass is 214 g/mol. The number of aromatic nitrogens is 2. The Morgan fingerprint density at radius 3 is 3.12 bits per heavy atom. The molecule has 3 rings (SSSR count). The van der Waals surface area contributed by atoms with Gasteiger partial charge in [-0.15, -0.1) is 0 Å². The van der Waals surface area contributed by atoms with Crippen LogP contribution in [-0.4, -0.2) is 15.7 Å². The number of hydrogen-bond donors (Lipinski definition) is 0. The summed E-state index contributed by atoms with van der Waals surface area (Å²) in [5, 5.41) is 0. The molecule has 0 bridgehead atoms. The van der Waals surface area contributed by atoms with Gasteiger partial charge in [0.05, 0.1) is 6.33 Å². The molecule has 1 unspecified atom stereocenters. The van der Waals surface area contributed by atoms with E-state index in [1.165, 1.54) is 5.56 Å². The SMILES string of the molecule is c1ccc2c(c1)CC(CCn1ccnc1)O2. The Labute approximate surface area is 94.7 Å². The van der Waals surface area contributed by atoms with E-state index >= 15 is 0 Å². The molecule has 16 heavy (non-hydrogen) atoms. The smallest absolute Gasteiger partial charge is 0.123 e. The lowest BCUT2D eigenvalue weighted by Gasteiger charge is -2.10. The lowest BCUT2D eigenvalue weighted by Crippen LogP contribution is -2.15. The van der Waals surface area contributed by atoms with Crippen LogP contribution in [0.25, 0.3) is 0 Å². The first-order valence-electron chi connectivity index (χ1n) is 5.62. The Balaban J connectivity index is 1.60. The normalized spacial score (nSPS) is 18.1. The van der Waals surface area contributed by atoms with Crippen LogP contribution in [0.15, 0.2) is 43.0 Å². The number of benzene rings is 1. The van der Waals surface area contributed by atoms with Gasteiger partial charge in [-0.25, -0.2) is 4.98 Å². The van der Waals surface area contributed by atoms with E-state index in [-0.39, 0.29) is 0 Å². The number of fused-ring (bicyclic) bond motifs is 1. The highest BCUT2D eigenvalue weighted by Gasteiger charge is 2.21. The second-order valence-electron chi connectivity index (χ2n) is 4.14. The second kappa shape index (κ2) is 4.00. The minimum atomic E-state index is 0.319. The minimum absolute atomic E-state index is 0.319.